The van der Waals surface area contributed by atoms with Crippen molar-refractivity contribution in [2.45, 2.75) is 0 Å². The fourth-order valence-corrected chi connectivity index (χ4v) is 4.66. The minimum absolute atomic E-state index is 0.488. The molecule has 0 unspecified atom stereocenters. The van der Waals surface area contributed by atoms with E-state index in [1.807, 2.05) is 37.7 Å². The topological polar surface area (TPSA) is 32.3 Å². The fourth-order valence-electron chi connectivity index (χ4n) is 4.66. The summed E-state index contributed by atoms with van der Waals surface area (Å²) in [6, 6.07) is 23.5. The first-order valence-corrected chi connectivity index (χ1v) is 11.7. The third-order valence-corrected chi connectivity index (χ3v) is 6.31. The quantitative estimate of drug-likeness (QED) is 0.152. The highest BCUT2D eigenvalue weighted by atomic mass is 19.1. The molecular formula is C29H30BF4N3. The van der Waals surface area contributed by atoms with E-state index in [-0.39, 0.29) is 0 Å². The molecule has 0 aliphatic heterocycles. The maximum atomic E-state index is 14.3. The normalized spacial score (nSPS) is 10.8. The molecule has 2 N–H and O–H groups in total. The SMILES string of the molecule is CN(C)C(N)=[N+](C)C.Fc1cccc([B-](c2cccc(F)c2)(c2cccc(F)c2)c2cccc(F)c2)c1. The van der Waals surface area contributed by atoms with Crippen LogP contribution in [-0.4, -0.2) is 49.8 Å². The molecule has 192 valence electrons. The van der Waals surface area contributed by atoms with Gasteiger partial charge in [-0.15, -0.1) is 0 Å². The van der Waals surface area contributed by atoms with Gasteiger partial charge >= 0.3 is 5.96 Å². The molecule has 8 heteroatoms. The Morgan fingerprint density at radius 2 is 0.865 bits per heavy atom. The van der Waals surface area contributed by atoms with E-state index in [0.717, 1.165) is 5.96 Å². The van der Waals surface area contributed by atoms with Gasteiger partial charge in [0.2, 0.25) is 0 Å². The van der Waals surface area contributed by atoms with Crippen LogP contribution in [0.25, 0.3) is 0 Å². The molecule has 0 aromatic heterocycles. The molecule has 0 saturated carbocycles. The second kappa shape index (κ2) is 11.8. The van der Waals surface area contributed by atoms with Crippen molar-refractivity contribution in [1.29, 1.82) is 0 Å². The summed E-state index contributed by atoms with van der Waals surface area (Å²) in [6.45, 7) is 0. The molecule has 0 radical (unpaired) electrons. The van der Waals surface area contributed by atoms with Crippen molar-refractivity contribution < 1.29 is 22.1 Å². The molecule has 4 rings (SSSR count). The summed E-state index contributed by atoms with van der Waals surface area (Å²) in [7, 11) is 7.65. The van der Waals surface area contributed by atoms with E-state index < -0.39 is 29.4 Å². The van der Waals surface area contributed by atoms with Crippen LogP contribution in [0.2, 0.25) is 0 Å². The van der Waals surface area contributed by atoms with Crippen molar-refractivity contribution in [2.24, 2.45) is 5.73 Å². The molecule has 0 bridgehead atoms. The highest BCUT2D eigenvalue weighted by Crippen LogP contribution is 2.13. The second-order valence-corrected chi connectivity index (χ2v) is 9.23. The number of halogens is 4. The second-order valence-electron chi connectivity index (χ2n) is 9.23. The van der Waals surface area contributed by atoms with Gasteiger partial charge in [0.05, 0.1) is 28.2 Å². The van der Waals surface area contributed by atoms with E-state index in [2.05, 4.69) is 0 Å². The molecule has 0 saturated heterocycles. The zero-order chi connectivity index (χ0) is 27.2. The maximum Gasteiger partial charge on any atom is 0.344 e. The van der Waals surface area contributed by atoms with Gasteiger partial charge in [0.1, 0.15) is 29.4 Å². The van der Waals surface area contributed by atoms with Gasteiger partial charge in [0, 0.05) is 0 Å². The molecule has 3 nitrogen and oxygen atoms in total. The average Bonchev–Trinajstić information content (AvgIpc) is 2.85. The Morgan fingerprint density at radius 3 is 1.03 bits per heavy atom. The fraction of sp³-hybridized carbons (Fsp3) is 0.138. The Hall–Kier alpha value is -4.07. The van der Waals surface area contributed by atoms with Crippen molar-refractivity contribution in [3.8, 4) is 0 Å². The standard InChI is InChI=1S/C24H16BF4.C5H13N3/c26-21-9-1-5-17(13-21)25(18-6-2-10-22(27)14-18,19-7-3-11-23(28)15-19)20-8-4-12-24(29)16-20;1-7(2)5(6)8(3)4/h1-16H;6H,1-4H3/q-1;/p+1. The third kappa shape index (κ3) is 6.20. The Balaban J connectivity index is 0.000000414. The number of guanidine groups is 1. The smallest absolute Gasteiger partial charge is 0.291 e. The van der Waals surface area contributed by atoms with Crippen molar-refractivity contribution in [3.63, 3.8) is 0 Å². The van der Waals surface area contributed by atoms with Crippen LogP contribution in [-0.2, 0) is 0 Å². The lowest BCUT2D eigenvalue weighted by Gasteiger charge is -2.44. The zero-order valence-electron chi connectivity index (χ0n) is 21.3. The van der Waals surface area contributed by atoms with Gasteiger partial charge in [0.25, 0.3) is 0 Å². The summed E-state index contributed by atoms with van der Waals surface area (Å²) in [5.74, 6) is -1.18. The molecule has 37 heavy (non-hydrogen) atoms. The highest BCUT2D eigenvalue weighted by Gasteiger charge is 2.32. The molecule has 4 aromatic carbocycles. The van der Waals surface area contributed by atoms with Gasteiger partial charge in [-0.3, -0.25) is 15.2 Å². The minimum Gasteiger partial charge on any atom is -0.291 e. The predicted molar refractivity (Wildman–Crippen MR) is 145 cm³/mol. The van der Waals surface area contributed by atoms with Crippen molar-refractivity contribution in [3.05, 3.63) is 120 Å². The Labute approximate surface area is 215 Å². The minimum atomic E-state index is -2.25. The van der Waals surface area contributed by atoms with Crippen molar-refractivity contribution in [1.82, 2.24) is 4.90 Å². The number of nitrogens with two attached hydrogens (primary N) is 1. The van der Waals surface area contributed by atoms with Crippen LogP contribution in [0.15, 0.2) is 97.1 Å². The molecule has 0 amide bonds. The number of rotatable bonds is 4. The lowest BCUT2D eigenvalue weighted by atomic mass is 9.13. The first kappa shape index (κ1) is 27.5. The van der Waals surface area contributed by atoms with Gasteiger partial charge in [-0.05, 0) is 24.3 Å². The number of hydrogen-bond donors (Lipinski definition) is 1. The van der Waals surface area contributed by atoms with Gasteiger partial charge in [-0.1, -0.05) is 72.8 Å². The van der Waals surface area contributed by atoms with E-state index in [4.69, 9.17) is 5.73 Å². The van der Waals surface area contributed by atoms with E-state index in [1.165, 1.54) is 48.5 Å². The van der Waals surface area contributed by atoms with Gasteiger partial charge in [0.15, 0.2) is 0 Å². The largest absolute Gasteiger partial charge is 0.344 e. The lowest BCUT2D eigenvalue weighted by Crippen LogP contribution is -2.75. The summed E-state index contributed by atoms with van der Waals surface area (Å²) in [4.78, 5) is 1.86. The summed E-state index contributed by atoms with van der Waals surface area (Å²) < 4.78 is 58.9. The van der Waals surface area contributed by atoms with Crippen LogP contribution >= 0.6 is 0 Å². The molecule has 0 atom stereocenters. The Kier molecular flexibility index (Phi) is 8.76. The number of hydrogen-bond acceptors (Lipinski definition) is 0. The summed E-state index contributed by atoms with van der Waals surface area (Å²) in [5.41, 5.74) is 7.50. The van der Waals surface area contributed by atoms with Crippen LogP contribution < -0.4 is 27.6 Å². The first-order chi connectivity index (χ1) is 17.5. The summed E-state index contributed by atoms with van der Waals surface area (Å²) in [6.07, 6.45) is -2.25. The van der Waals surface area contributed by atoms with Crippen molar-refractivity contribution in [2.75, 3.05) is 28.2 Å². The average molecular weight is 507 g/mol. The molecule has 0 aliphatic carbocycles. The van der Waals surface area contributed by atoms with Gasteiger partial charge < -0.3 is 0 Å². The van der Waals surface area contributed by atoms with E-state index >= 15 is 0 Å². The first-order valence-electron chi connectivity index (χ1n) is 11.7. The van der Waals surface area contributed by atoms with Crippen LogP contribution in [0.1, 0.15) is 0 Å². The Morgan fingerprint density at radius 1 is 0.595 bits per heavy atom. The van der Waals surface area contributed by atoms with Crippen LogP contribution in [0.5, 0.6) is 0 Å². The molecule has 4 aromatic rings. The van der Waals surface area contributed by atoms with Gasteiger partial charge in [-0.25, -0.2) is 17.6 Å². The predicted octanol–water partition coefficient (Wildman–Crippen LogP) is 2.76. The highest BCUT2D eigenvalue weighted by molar-refractivity contribution is 7.19. The molecular weight excluding hydrogens is 477 g/mol. The van der Waals surface area contributed by atoms with Gasteiger partial charge in [-0.2, -0.15) is 21.9 Å². The summed E-state index contributed by atoms with van der Waals surface area (Å²) in [5, 5.41) is 0. The molecule has 0 aliphatic rings. The van der Waals surface area contributed by atoms with Crippen molar-refractivity contribution >= 4 is 34.0 Å². The molecule has 0 fully saturated rings. The Bertz CT molecular complexity index is 1210. The maximum absolute atomic E-state index is 14.3. The van der Waals surface area contributed by atoms with Crippen LogP contribution in [0, 0.1) is 23.3 Å². The number of nitrogens with zero attached hydrogens (tertiary/aromatic N) is 2. The third-order valence-electron chi connectivity index (χ3n) is 6.31. The van der Waals surface area contributed by atoms with E-state index in [1.54, 1.807) is 48.5 Å². The lowest BCUT2D eigenvalue weighted by molar-refractivity contribution is -0.470. The zero-order valence-corrected chi connectivity index (χ0v) is 21.3. The van der Waals surface area contributed by atoms with Crippen LogP contribution in [0.3, 0.4) is 0 Å². The summed E-state index contributed by atoms with van der Waals surface area (Å²) >= 11 is 0. The molecule has 0 heterocycles. The number of benzene rings is 4. The van der Waals surface area contributed by atoms with E-state index in [0.29, 0.717) is 21.9 Å². The van der Waals surface area contributed by atoms with Crippen LogP contribution in [0.4, 0.5) is 17.6 Å². The van der Waals surface area contributed by atoms with E-state index in [9.17, 15) is 17.6 Å². The molecule has 0 spiro atoms. The monoisotopic (exact) mass is 507 g/mol.